The number of nitrogens with two attached hydrogens (primary N) is 1. The predicted molar refractivity (Wildman–Crippen MR) is 143 cm³/mol. The third-order valence-electron chi connectivity index (χ3n) is 6.86. The van der Waals surface area contributed by atoms with Gasteiger partial charge in [0.05, 0.1) is 16.7 Å². The molecule has 0 bridgehead atoms. The Labute approximate surface area is 226 Å². The molecule has 0 aromatic heterocycles. The summed E-state index contributed by atoms with van der Waals surface area (Å²) in [6, 6.07) is 17.4. The number of aliphatic carboxylic acids is 1. The van der Waals surface area contributed by atoms with Gasteiger partial charge in [0.1, 0.15) is 17.6 Å². The van der Waals surface area contributed by atoms with Crippen LogP contribution < -0.4 is 14.6 Å². The van der Waals surface area contributed by atoms with Crippen molar-refractivity contribution in [3.05, 3.63) is 82.9 Å². The second kappa shape index (κ2) is 11.3. The summed E-state index contributed by atoms with van der Waals surface area (Å²) in [5.41, 5.74) is 3.14. The lowest BCUT2D eigenvalue weighted by Crippen LogP contribution is -2.23. The lowest BCUT2D eigenvalue weighted by molar-refractivity contribution is -0.147. The molecule has 3 N–H and O–H groups in total. The average Bonchev–Trinajstić information content (AvgIpc) is 2.85. The second-order valence-electron chi connectivity index (χ2n) is 10.4. The lowest BCUT2D eigenvalue weighted by Gasteiger charge is -2.31. The number of hydrogen-bond acceptors (Lipinski definition) is 5. The fourth-order valence-corrected chi connectivity index (χ4v) is 5.39. The molecule has 3 aromatic carbocycles. The molecule has 0 aliphatic carbocycles. The van der Waals surface area contributed by atoms with Crippen molar-refractivity contribution < 1.29 is 36.6 Å². The number of aryl methyl sites for hydroxylation is 1. The molecular formula is C29H31F2NO6S. The highest BCUT2D eigenvalue weighted by Crippen LogP contribution is 2.49. The largest absolute Gasteiger partial charge is 0.481 e. The van der Waals surface area contributed by atoms with Crippen LogP contribution in [0.15, 0.2) is 60.7 Å². The standard InChI is InChI=1S/C29H31F2NO6S/c1-29(2,27(33)34)15-4-3-6-18-9-12-20(13-10-18)26-22-16-19(17-39(32,35)36)11-14-21(22)25-23(37-26)7-5-8-24(25)38-28(30)31/h5,7-14,16,26,28H,3-4,6,15,17H2,1-2H3,(H,33,34)(H2,32,35,36). The molecule has 0 fully saturated rings. The zero-order chi connectivity index (χ0) is 28.4. The number of hydrogen-bond donors (Lipinski definition) is 2. The van der Waals surface area contributed by atoms with Crippen LogP contribution in [0.25, 0.3) is 11.1 Å². The Morgan fingerprint density at radius 1 is 1.08 bits per heavy atom. The summed E-state index contributed by atoms with van der Waals surface area (Å²) in [6.45, 7) is 0.421. The van der Waals surface area contributed by atoms with E-state index in [4.69, 9.17) is 14.6 Å². The van der Waals surface area contributed by atoms with Crippen molar-refractivity contribution in [2.45, 2.75) is 58.0 Å². The fourth-order valence-electron chi connectivity index (χ4n) is 4.75. The lowest BCUT2D eigenvalue weighted by atomic mass is 9.86. The van der Waals surface area contributed by atoms with Crippen LogP contribution in [0.3, 0.4) is 0 Å². The number of fused-ring (bicyclic) bond motifs is 3. The zero-order valence-electron chi connectivity index (χ0n) is 21.7. The van der Waals surface area contributed by atoms with Crippen LogP contribution in [-0.2, 0) is 27.0 Å². The highest BCUT2D eigenvalue weighted by Gasteiger charge is 2.31. The molecule has 1 atom stereocenters. The van der Waals surface area contributed by atoms with Crippen LogP contribution in [0.1, 0.15) is 61.5 Å². The summed E-state index contributed by atoms with van der Waals surface area (Å²) in [5.74, 6) is -0.855. The molecule has 4 rings (SSSR count). The van der Waals surface area contributed by atoms with Crippen LogP contribution in [-0.4, -0.2) is 26.1 Å². The maximum absolute atomic E-state index is 13.1. The summed E-state index contributed by atoms with van der Waals surface area (Å²) in [4.78, 5) is 11.3. The van der Waals surface area contributed by atoms with Gasteiger partial charge in [-0.2, -0.15) is 8.78 Å². The average molecular weight is 560 g/mol. The molecule has 39 heavy (non-hydrogen) atoms. The minimum atomic E-state index is -3.80. The number of carboxylic acids is 1. The number of rotatable bonds is 11. The fraction of sp³-hybridized carbons (Fsp3) is 0.345. The summed E-state index contributed by atoms with van der Waals surface area (Å²) >= 11 is 0. The smallest absolute Gasteiger partial charge is 0.387 e. The number of carboxylic acid groups (broad SMARTS) is 1. The molecule has 0 spiro atoms. The van der Waals surface area contributed by atoms with Gasteiger partial charge in [0, 0.05) is 5.56 Å². The van der Waals surface area contributed by atoms with Crippen LogP contribution in [0.5, 0.6) is 11.5 Å². The minimum absolute atomic E-state index is 0.0391. The summed E-state index contributed by atoms with van der Waals surface area (Å²) in [7, 11) is -3.80. The molecule has 0 radical (unpaired) electrons. The number of benzene rings is 3. The first-order valence-corrected chi connectivity index (χ1v) is 14.3. The molecule has 7 nitrogen and oxygen atoms in total. The third-order valence-corrected chi connectivity index (χ3v) is 7.60. The molecule has 208 valence electrons. The second-order valence-corrected chi connectivity index (χ2v) is 12.0. The highest BCUT2D eigenvalue weighted by atomic mass is 32.2. The minimum Gasteiger partial charge on any atom is -0.481 e. The van der Waals surface area contributed by atoms with Gasteiger partial charge in [0.2, 0.25) is 10.0 Å². The van der Waals surface area contributed by atoms with Crippen molar-refractivity contribution in [1.82, 2.24) is 0 Å². The van der Waals surface area contributed by atoms with E-state index in [1.807, 2.05) is 24.3 Å². The molecule has 1 aliphatic rings. The topological polar surface area (TPSA) is 116 Å². The maximum Gasteiger partial charge on any atom is 0.387 e. The van der Waals surface area contributed by atoms with Gasteiger partial charge in [0.15, 0.2) is 0 Å². The molecule has 0 saturated heterocycles. The summed E-state index contributed by atoms with van der Waals surface area (Å²) < 4.78 is 60.8. The normalized spacial score (nSPS) is 14.9. The first kappa shape index (κ1) is 28.5. The Morgan fingerprint density at radius 3 is 2.41 bits per heavy atom. The van der Waals surface area contributed by atoms with Gasteiger partial charge >= 0.3 is 12.6 Å². The van der Waals surface area contributed by atoms with Gasteiger partial charge in [-0.3, -0.25) is 4.79 Å². The number of primary sulfonamides is 1. The number of halogens is 2. The van der Waals surface area contributed by atoms with E-state index in [9.17, 15) is 27.1 Å². The molecule has 1 heterocycles. The Bertz CT molecular complexity index is 1460. The molecule has 3 aromatic rings. The molecule has 1 aliphatic heterocycles. The van der Waals surface area contributed by atoms with E-state index in [0.717, 1.165) is 30.4 Å². The Kier molecular flexibility index (Phi) is 8.27. The molecule has 10 heteroatoms. The summed E-state index contributed by atoms with van der Waals surface area (Å²) in [6.07, 6.45) is 2.38. The third kappa shape index (κ3) is 6.93. The van der Waals surface area contributed by atoms with Crippen molar-refractivity contribution >= 4 is 16.0 Å². The zero-order valence-corrected chi connectivity index (χ0v) is 22.5. The molecular weight excluding hydrogens is 528 g/mol. The van der Waals surface area contributed by atoms with E-state index in [-0.39, 0.29) is 11.5 Å². The molecule has 1 unspecified atom stereocenters. The van der Waals surface area contributed by atoms with Gasteiger partial charge in [-0.1, -0.05) is 55.0 Å². The van der Waals surface area contributed by atoms with Crippen LogP contribution in [0.4, 0.5) is 8.78 Å². The van der Waals surface area contributed by atoms with Crippen LogP contribution in [0, 0.1) is 5.41 Å². The van der Waals surface area contributed by atoms with Crippen molar-refractivity contribution in [2.24, 2.45) is 10.6 Å². The van der Waals surface area contributed by atoms with E-state index < -0.39 is 34.1 Å². The number of unbranched alkanes of at least 4 members (excludes halogenated alkanes) is 1. The molecule has 0 amide bonds. The Balaban J connectivity index is 1.62. The highest BCUT2D eigenvalue weighted by molar-refractivity contribution is 7.88. The SMILES string of the molecule is CC(C)(CCCCc1ccc(C2Oc3cccc(OC(F)F)c3-c3ccc(CS(N)(=O)=O)cc32)cc1)C(=O)O. The monoisotopic (exact) mass is 559 g/mol. The van der Waals surface area contributed by atoms with Gasteiger partial charge < -0.3 is 14.6 Å². The Morgan fingerprint density at radius 2 is 1.77 bits per heavy atom. The Hall–Kier alpha value is -3.50. The van der Waals surface area contributed by atoms with E-state index in [2.05, 4.69) is 0 Å². The van der Waals surface area contributed by atoms with Crippen molar-refractivity contribution in [3.8, 4) is 22.6 Å². The first-order valence-electron chi connectivity index (χ1n) is 12.5. The van der Waals surface area contributed by atoms with Gasteiger partial charge in [-0.05, 0) is 67.5 Å². The van der Waals surface area contributed by atoms with Crippen molar-refractivity contribution in [2.75, 3.05) is 0 Å². The van der Waals surface area contributed by atoms with Gasteiger partial charge in [-0.15, -0.1) is 0 Å². The van der Waals surface area contributed by atoms with E-state index >= 15 is 0 Å². The number of carbonyl (C=O) groups is 1. The van der Waals surface area contributed by atoms with E-state index in [1.165, 1.54) is 6.07 Å². The first-order chi connectivity index (χ1) is 18.3. The quantitative estimate of drug-likeness (QED) is 0.276. The van der Waals surface area contributed by atoms with Crippen molar-refractivity contribution in [3.63, 3.8) is 0 Å². The van der Waals surface area contributed by atoms with E-state index in [1.54, 1.807) is 44.2 Å². The maximum atomic E-state index is 13.1. The van der Waals surface area contributed by atoms with Gasteiger partial charge in [0.25, 0.3) is 0 Å². The van der Waals surface area contributed by atoms with Crippen molar-refractivity contribution in [1.29, 1.82) is 0 Å². The van der Waals surface area contributed by atoms with Crippen LogP contribution in [0.2, 0.25) is 0 Å². The summed E-state index contributed by atoms with van der Waals surface area (Å²) in [5, 5.41) is 14.5. The number of sulfonamides is 1. The van der Waals surface area contributed by atoms with Crippen LogP contribution >= 0.6 is 0 Å². The molecule has 0 saturated carbocycles. The number of alkyl halides is 2. The predicted octanol–water partition coefficient (Wildman–Crippen LogP) is 6.05. The number of ether oxygens (including phenoxy) is 2. The van der Waals surface area contributed by atoms with E-state index in [0.29, 0.717) is 34.4 Å². The van der Waals surface area contributed by atoms with Gasteiger partial charge in [-0.25, -0.2) is 13.6 Å².